The molecule has 1 heterocycles. The van der Waals surface area contributed by atoms with Crippen LogP contribution in [0.1, 0.15) is 21.5 Å². The van der Waals surface area contributed by atoms with E-state index in [0.717, 1.165) is 16.7 Å². The van der Waals surface area contributed by atoms with E-state index in [4.69, 9.17) is 19.3 Å². The number of benzene rings is 4. The zero-order valence-electron chi connectivity index (χ0n) is 23.7. The van der Waals surface area contributed by atoms with Crippen molar-refractivity contribution in [1.29, 1.82) is 0 Å². The van der Waals surface area contributed by atoms with Crippen molar-refractivity contribution in [2.45, 2.75) is 13.5 Å². The van der Waals surface area contributed by atoms with Crippen molar-refractivity contribution in [1.82, 2.24) is 15.3 Å². The van der Waals surface area contributed by atoms with Gasteiger partial charge in [0.05, 0.1) is 43.6 Å². The number of ether oxygens (including phenoxy) is 3. The van der Waals surface area contributed by atoms with E-state index < -0.39 is 17.6 Å². The number of hydrogen-bond acceptors (Lipinski definition) is 7. The molecule has 0 aliphatic rings. The van der Waals surface area contributed by atoms with Gasteiger partial charge in [0.25, 0.3) is 6.01 Å². The number of fused-ring (bicyclic) bond motifs is 1. The number of esters is 1. The molecular weight excluding hydrogens is 556 g/mol. The SMILES string of the molecule is COC(=O)c1cc(Oc2nc3c(F)c(-c4ccc(-c5ccc(CNCCOCCO)cc5)cc4)c(F)cc3[nH]2)ccc1C. The molecule has 5 aromatic rings. The lowest BCUT2D eigenvalue weighted by molar-refractivity contribution is 0.0599. The van der Waals surface area contributed by atoms with Gasteiger partial charge in [-0.1, -0.05) is 54.6 Å². The van der Waals surface area contributed by atoms with Gasteiger partial charge >= 0.3 is 5.97 Å². The standard InChI is InChI=1S/C33H31F2N3O5/c1-20-3-12-25(17-26(20)32(40)41-2)43-33-37-28-18-27(34)29(30(35)31(28)38-33)24-10-8-23(9-11-24)22-6-4-21(5-7-22)19-36-13-15-42-16-14-39/h3-12,17-18,36,39H,13-16,19H2,1-2H3,(H,37,38). The van der Waals surface area contributed by atoms with Crippen molar-refractivity contribution in [3.63, 3.8) is 0 Å². The zero-order valence-corrected chi connectivity index (χ0v) is 23.7. The first-order chi connectivity index (χ1) is 20.9. The van der Waals surface area contributed by atoms with Gasteiger partial charge in [0.2, 0.25) is 0 Å². The van der Waals surface area contributed by atoms with Crippen LogP contribution in [0.15, 0.2) is 72.8 Å². The Morgan fingerprint density at radius 3 is 2.35 bits per heavy atom. The summed E-state index contributed by atoms with van der Waals surface area (Å²) < 4.78 is 46.6. The van der Waals surface area contributed by atoms with Gasteiger partial charge in [-0.15, -0.1) is 0 Å². The third-order valence-electron chi connectivity index (χ3n) is 6.92. The molecule has 10 heteroatoms. The van der Waals surface area contributed by atoms with E-state index in [1.807, 2.05) is 36.4 Å². The molecule has 43 heavy (non-hydrogen) atoms. The second kappa shape index (κ2) is 13.6. The zero-order chi connectivity index (χ0) is 30.3. The minimum absolute atomic E-state index is 0.0133. The number of imidazole rings is 1. The maximum atomic E-state index is 15.6. The van der Waals surface area contributed by atoms with Crippen LogP contribution in [-0.4, -0.2) is 54.5 Å². The third-order valence-corrected chi connectivity index (χ3v) is 6.92. The summed E-state index contributed by atoms with van der Waals surface area (Å²) in [6, 6.07) is 21.0. The number of hydrogen-bond donors (Lipinski definition) is 3. The molecule has 0 spiro atoms. The second-order valence-corrected chi connectivity index (χ2v) is 9.84. The summed E-state index contributed by atoms with van der Waals surface area (Å²) in [5.74, 6) is -1.78. The van der Waals surface area contributed by atoms with Gasteiger partial charge in [0.15, 0.2) is 5.82 Å². The summed E-state index contributed by atoms with van der Waals surface area (Å²) in [5.41, 5.74) is 4.26. The van der Waals surface area contributed by atoms with Crippen molar-refractivity contribution < 1.29 is 32.9 Å². The van der Waals surface area contributed by atoms with E-state index in [-0.39, 0.29) is 35.0 Å². The molecule has 4 aromatic carbocycles. The van der Waals surface area contributed by atoms with Crippen molar-refractivity contribution in [2.24, 2.45) is 0 Å². The van der Waals surface area contributed by atoms with Gasteiger partial charge in [0.1, 0.15) is 17.1 Å². The molecule has 0 fully saturated rings. The number of nitrogens with zero attached hydrogens (tertiary/aromatic N) is 1. The largest absolute Gasteiger partial charge is 0.465 e. The molecule has 0 aliphatic carbocycles. The van der Waals surface area contributed by atoms with E-state index in [2.05, 4.69) is 15.3 Å². The van der Waals surface area contributed by atoms with Crippen molar-refractivity contribution >= 4 is 17.0 Å². The molecule has 8 nitrogen and oxygen atoms in total. The number of H-pyrrole nitrogens is 1. The summed E-state index contributed by atoms with van der Waals surface area (Å²) in [5, 5.41) is 12.0. The van der Waals surface area contributed by atoms with Crippen molar-refractivity contribution in [3.05, 3.63) is 101 Å². The molecule has 1 aromatic heterocycles. The monoisotopic (exact) mass is 587 g/mol. The molecule has 0 saturated carbocycles. The first-order valence-corrected chi connectivity index (χ1v) is 13.7. The average Bonchev–Trinajstić information content (AvgIpc) is 3.42. The Kier molecular flexibility index (Phi) is 9.41. The van der Waals surface area contributed by atoms with Gasteiger partial charge in [-0.05, 0) is 46.9 Å². The molecule has 0 radical (unpaired) electrons. The maximum absolute atomic E-state index is 15.6. The Morgan fingerprint density at radius 1 is 0.953 bits per heavy atom. The quantitative estimate of drug-likeness (QED) is 0.119. The minimum atomic E-state index is -0.813. The number of carbonyl (C=O) groups is 1. The van der Waals surface area contributed by atoms with Crippen LogP contribution in [0.3, 0.4) is 0 Å². The van der Waals surface area contributed by atoms with Crippen LogP contribution < -0.4 is 10.1 Å². The number of aryl methyl sites for hydroxylation is 1. The Labute approximate surface area is 247 Å². The van der Waals surface area contributed by atoms with Gasteiger partial charge < -0.3 is 29.6 Å². The van der Waals surface area contributed by atoms with Crippen LogP contribution in [0.4, 0.5) is 8.78 Å². The van der Waals surface area contributed by atoms with Gasteiger partial charge in [-0.3, -0.25) is 0 Å². The number of nitrogens with one attached hydrogen (secondary N) is 2. The fourth-order valence-corrected chi connectivity index (χ4v) is 4.67. The van der Waals surface area contributed by atoms with E-state index in [0.29, 0.717) is 43.0 Å². The van der Waals surface area contributed by atoms with E-state index >= 15 is 8.78 Å². The fourth-order valence-electron chi connectivity index (χ4n) is 4.67. The summed E-state index contributed by atoms with van der Waals surface area (Å²) >= 11 is 0. The molecule has 0 amide bonds. The van der Waals surface area contributed by atoms with Crippen LogP contribution in [0, 0.1) is 18.6 Å². The molecule has 0 saturated heterocycles. The normalized spacial score (nSPS) is 11.2. The number of halogens is 2. The molecule has 0 unspecified atom stereocenters. The van der Waals surface area contributed by atoms with Crippen molar-refractivity contribution in [2.75, 3.05) is 33.5 Å². The van der Waals surface area contributed by atoms with Gasteiger partial charge in [-0.25, -0.2) is 13.6 Å². The molecule has 0 bridgehead atoms. The van der Waals surface area contributed by atoms with Crippen LogP contribution in [0.5, 0.6) is 11.8 Å². The molecule has 3 N–H and O–H groups in total. The Morgan fingerprint density at radius 2 is 1.65 bits per heavy atom. The van der Waals surface area contributed by atoms with Gasteiger partial charge in [-0.2, -0.15) is 4.98 Å². The van der Waals surface area contributed by atoms with E-state index in [1.54, 1.807) is 31.2 Å². The van der Waals surface area contributed by atoms with Crippen molar-refractivity contribution in [3.8, 4) is 34.0 Å². The van der Waals surface area contributed by atoms with E-state index in [9.17, 15) is 4.79 Å². The minimum Gasteiger partial charge on any atom is -0.465 e. The number of carbonyl (C=O) groups excluding carboxylic acids is 1. The van der Waals surface area contributed by atoms with Crippen LogP contribution >= 0.6 is 0 Å². The predicted octanol–water partition coefficient (Wildman–Crippen LogP) is 6.16. The molecule has 0 aliphatic heterocycles. The van der Waals surface area contributed by atoms with E-state index in [1.165, 1.54) is 19.2 Å². The van der Waals surface area contributed by atoms with Crippen LogP contribution in [-0.2, 0) is 16.0 Å². The second-order valence-electron chi connectivity index (χ2n) is 9.84. The summed E-state index contributed by atoms with van der Waals surface area (Å²) in [6.45, 7) is 4.00. The van der Waals surface area contributed by atoms with Crippen LogP contribution in [0.25, 0.3) is 33.3 Å². The number of aliphatic hydroxyl groups is 1. The Balaban J connectivity index is 1.31. The Hall–Kier alpha value is -4.64. The highest BCUT2D eigenvalue weighted by Gasteiger charge is 2.20. The average molecular weight is 588 g/mol. The molecule has 0 atom stereocenters. The highest BCUT2D eigenvalue weighted by molar-refractivity contribution is 5.91. The summed E-state index contributed by atoms with van der Waals surface area (Å²) in [4.78, 5) is 19.0. The summed E-state index contributed by atoms with van der Waals surface area (Å²) in [7, 11) is 1.29. The number of methoxy groups -OCH3 is 1. The predicted molar refractivity (Wildman–Crippen MR) is 159 cm³/mol. The fraction of sp³-hybridized carbons (Fsp3) is 0.212. The lowest BCUT2D eigenvalue weighted by Crippen LogP contribution is -2.19. The first-order valence-electron chi connectivity index (χ1n) is 13.7. The topological polar surface area (TPSA) is 106 Å². The highest BCUT2D eigenvalue weighted by Crippen LogP contribution is 2.34. The third kappa shape index (κ3) is 6.89. The number of rotatable bonds is 12. The van der Waals surface area contributed by atoms with Crippen LogP contribution in [0.2, 0.25) is 0 Å². The lowest BCUT2D eigenvalue weighted by atomic mass is 9.98. The number of aliphatic hydroxyl groups excluding tert-OH is 1. The van der Waals surface area contributed by atoms with Gasteiger partial charge in [0, 0.05) is 19.2 Å². The highest BCUT2D eigenvalue weighted by atomic mass is 19.1. The number of aromatic nitrogens is 2. The lowest BCUT2D eigenvalue weighted by Gasteiger charge is -2.09. The Bertz CT molecular complexity index is 1720. The molecule has 5 rings (SSSR count). The summed E-state index contributed by atoms with van der Waals surface area (Å²) in [6.07, 6.45) is 0. The molecular formula is C33H31F2N3O5. The number of aromatic amines is 1. The first kappa shape index (κ1) is 29.8. The molecule has 222 valence electrons. The smallest absolute Gasteiger partial charge is 0.338 e. The maximum Gasteiger partial charge on any atom is 0.338 e.